The van der Waals surface area contributed by atoms with Crippen molar-refractivity contribution in [2.45, 2.75) is 18.9 Å². The second-order valence-electron chi connectivity index (χ2n) is 4.39. The van der Waals surface area contributed by atoms with Gasteiger partial charge in [0.2, 0.25) is 0 Å². The number of carboxylic acids is 1. The van der Waals surface area contributed by atoms with Crippen molar-refractivity contribution in [1.29, 1.82) is 0 Å². The van der Waals surface area contributed by atoms with Crippen molar-refractivity contribution >= 4 is 12.1 Å². The molecule has 5 nitrogen and oxygen atoms in total. The Morgan fingerprint density at radius 1 is 1.33 bits per heavy atom. The molecule has 2 N–H and O–H groups in total. The molecule has 18 heavy (non-hydrogen) atoms. The Balaban J connectivity index is 2.11. The fourth-order valence-corrected chi connectivity index (χ4v) is 2.40. The van der Waals surface area contributed by atoms with Crippen LogP contribution in [0.5, 0.6) is 0 Å². The zero-order valence-electron chi connectivity index (χ0n) is 10.1. The quantitative estimate of drug-likeness (QED) is 0.844. The third-order valence-corrected chi connectivity index (χ3v) is 3.28. The third-order valence-electron chi connectivity index (χ3n) is 3.28. The van der Waals surface area contributed by atoms with Crippen molar-refractivity contribution in [3.8, 4) is 0 Å². The average molecular weight is 249 g/mol. The van der Waals surface area contributed by atoms with Crippen molar-refractivity contribution < 1.29 is 19.4 Å². The van der Waals surface area contributed by atoms with E-state index in [1.54, 1.807) is 0 Å². The number of carbonyl (C=O) groups is 2. The van der Waals surface area contributed by atoms with Crippen molar-refractivity contribution in [1.82, 2.24) is 5.32 Å². The number of ether oxygens (including phenoxy) is 1. The van der Waals surface area contributed by atoms with E-state index in [0.29, 0.717) is 12.8 Å². The SMILES string of the molecule is COC(=O)NC(C(=O)O)C1Cc2ccccc2C1. The van der Waals surface area contributed by atoms with E-state index in [4.69, 9.17) is 0 Å². The van der Waals surface area contributed by atoms with Crippen LogP contribution in [0.25, 0.3) is 0 Å². The van der Waals surface area contributed by atoms with Gasteiger partial charge in [-0.2, -0.15) is 0 Å². The van der Waals surface area contributed by atoms with E-state index in [1.807, 2.05) is 24.3 Å². The molecule has 0 radical (unpaired) electrons. The molecule has 1 unspecified atom stereocenters. The molecule has 0 bridgehead atoms. The lowest BCUT2D eigenvalue weighted by molar-refractivity contribution is -0.140. The van der Waals surface area contributed by atoms with Crippen molar-refractivity contribution in [2.75, 3.05) is 7.11 Å². The van der Waals surface area contributed by atoms with E-state index >= 15 is 0 Å². The maximum Gasteiger partial charge on any atom is 0.407 e. The minimum Gasteiger partial charge on any atom is -0.480 e. The van der Waals surface area contributed by atoms with Gasteiger partial charge in [0.05, 0.1) is 7.11 Å². The normalized spacial score (nSPS) is 15.8. The molecule has 0 aliphatic heterocycles. The average Bonchev–Trinajstić information content (AvgIpc) is 2.78. The fourth-order valence-electron chi connectivity index (χ4n) is 2.40. The molecule has 2 rings (SSSR count). The Hall–Kier alpha value is -2.04. The molecule has 1 aromatic carbocycles. The maximum absolute atomic E-state index is 11.2. The monoisotopic (exact) mass is 249 g/mol. The minimum absolute atomic E-state index is 0.126. The molecular formula is C13H15NO4. The predicted molar refractivity (Wildman–Crippen MR) is 64.3 cm³/mol. The summed E-state index contributed by atoms with van der Waals surface area (Å²) in [5, 5.41) is 11.6. The minimum atomic E-state index is -1.03. The molecule has 96 valence electrons. The number of rotatable bonds is 3. The van der Waals surface area contributed by atoms with Crippen molar-refractivity contribution in [3.63, 3.8) is 0 Å². The van der Waals surface area contributed by atoms with E-state index in [2.05, 4.69) is 10.1 Å². The van der Waals surface area contributed by atoms with Crippen molar-refractivity contribution in [2.24, 2.45) is 5.92 Å². The number of fused-ring (bicyclic) bond motifs is 1. The summed E-state index contributed by atoms with van der Waals surface area (Å²) < 4.78 is 4.45. The van der Waals surface area contributed by atoms with Crippen LogP contribution in [0.15, 0.2) is 24.3 Å². The summed E-state index contributed by atoms with van der Waals surface area (Å²) in [4.78, 5) is 22.4. The van der Waals surface area contributed by atoms with Crippen LogP contribution in [0.2, 0.25) is 0 Å². The van der Waals surface area contributed by atoms with Crippen LogP contribution in [-0.2, 0) is 22.4 Å². The zero-order valence-corrected chi connectivity index (χ0v) is 10.1. The highest BCUT2D eigenvalue weighted by molar-refractivity contribution is 5.80. The number of methoxy groups -OCH3 is 1. The number of amides is 1. The second-order valence-corrected chi connectivity index (χ2v) is 4.39. The van der Waals surface area contributed by atoms with Crippen molar-refractivity contribution in [3.05, 3.63) is 35.4 Å². The number of hydrogen-bond acceptors (Lipinski definition) is 3. The number of carboxylic acid groups (broad SMARTS) is 1. The highest BCUT2D eigenvalue weighted by atomic mass is 16.5. The van der Waals surface area contributed by atoms with E-state index in [9.17, 15) is 14.7 Å². The summed E-state index contributed by atoms with van der Waals surface area (Å²) >= 11 is 0. The van der Waals surface area contributed by atoms with E-state index in [-0.39, 0.29) is 5.92 Å². The lowest BCUT2D eigenvalue weighted by Crippen LogP contribution is -2.46. The van der Waals surface area contributed by atoms with Crippen LogP contribution in [0.3, 0.4) is 0 Å². The van der Waals surface area contributed by atoms with Gasteiger partial charge >= 0.3 is 12.1 Å². The number of aliphatic carboxylic acids is 1. The van der Waals surface area contributed by atoms with Crippen LogP contribution < -0.4 is 5.32 Å². The lowest BCUT2D eigenvalue weighted by Gasteiger charge is -2.19. The highest BCUT2D eigenvalue weighted by Crippen LogP contribution is 2.28. The molecule has 0 aromatic heterocycles. The first-order valence-corrected chi connectivity index (χ1v) is 5.76. The van der Waals surface area contributed by atoms with Gasteiger partial charge in [-0.1, -0.05) is 24.3 Å². The topological polar surface area (TPSA) is 75.6 Å². The van der Waals surface area contributed by atoms with Gasteiger partial charge in [0.1, 0.15) is 6.04 Å². The van der Waals surface area contributed by atoms with E-state index < -0.39 is 18.1 Å². The molecule has 1 aliphatic carbocycles. The number of carbonyl (C=O) groups excluding carboxylic acids is 1. The molecule has 1 atom stereocenters. The Bertz CT molecular complexity index is 447. The van der Waals surface area contributed by atoms with E-state index in [1.165, 1.54) is 7.11 Å². The molecule has 0 spiro atoms. The first-order chi connectivity index (χ1) is 8.61. The first kappa shape index (κ1) is 12.4. The summed E-state index contributed by atoms with van der Waals surface area (Å²) in [6.07, 6.45) is 0.618. The molecule has 1 amide bonds. The van der Waals surface area contributed by atoms with Gasteiger partial charge in [-0.05, 0) is 29.9 Å². The van der Waals surface area contributed by atoms with Crippen LogP contribution in [0, 0.1) is 5.92 Å². The Morgan fingerprint density at radius 3 is 2.33 bits per heavy atom. The molecule has 0 saturated carbocycles. The number of nitrogens with one attached hydrogen (secondary N) is 1. The summed E-state index contributed by atoms with van der Waals surface area (Å²) in [6, 6.07) is 6.94. The zero-order chi connectivity index (χ0) is 13.1. The maximum atomic E-state index is 11.2. The molecule has 1 aliphatic rings. The molecule has 0 heterocycles. The van der Waals surface area contributed by atoms with Crippen LogP contribution in [-0.4, -0.2) is 30.3 Å². The smallest absolute Gasteiger partial charge is 0.407 e. The summed E-state index contributed by atoms with van der Waals surface area (Å²) in [5.74, 6) is -1.16. The van der Waals surface area contributed by atoms with Gasteiger partial charge in [0.25, 0.3) is 0 Å². The van der Waals surface area contributed by atoms with Crippen LogP contribution in [0.4, 0.5) is 4.79 Å². The van der Waals surface area contributed by atoms with Gasteiger partial charge in [-0.25, -0.2) is 9.59 Å². The predicted octanol–water partition coefficient (Wildman–Crippen LogP) is 1.21. The van der Waals surface area contributed by atoms with Gasteiger partial charge < -0.3 is 15.2 Å². The molecule has 1 aromatic rings. The number of benzene rings is 1. The first-order valence-electron chi connectivity index (χ1n) is 5.76. The Kier molecular flexibility index (Phi) is 3.50. The molecule has 5 heteroatoms. The van der Waals surface area contributed by atoms with Gasteiger partial charge in [0, 0.05) is 0 Å². The molecule has 0 saturated heterocycles. The van der Waals surface area contributed by atoms with Crippen LogP contribution >= 0.6 is 0 Å². The summed E-state index contributed by atoms with van der Waals surface area (Å²) in [6.45, 7) is 0. The summed E-state index contributed by atoms with van der Waals surface area (Å²) in [7, 11) is 1.22. The largest absolute Gasteiger partial charge is 0.480 e. The molecule has 0 fully saturated rings. The number of hydrogen-bond donors (Lipinski definition) is 2. The van der Waals surface area contributed by atoms with Gasteiger partial charge in [-0.15, -0.1) is 0 Å². The summed E-state index contributed by atoms with van der Waals surface area (Å²) in [5.41, 5.74) is 2.31. The standard InChI is InChI=1S/C13H15NO4/c1-18-13(17)14-11(12(15)16)10-6-8-4-2-3-5-9(8)7-10/h2-5,10-11H,6-7H2,1H3,(H,14,17)(H,15,16). The lowest BCUT2D eigenvalue weighted by atomic mass is 9.97. The second kappa shape index (κ2) is 5.08. The fraction of sp³-hybridized carbons (Fsp3) is 0.385. The highest BCUT2D eigenvalue weighted by Gasteiger charge is 2.34. The molecular weight excluding hydrogens is 234 g/mol. The Labute approximate surface area is 105 Å². The van der Waals surface area contributed by atoms with Crippen LogP contribution in [0.1, 0.15) is 11.1 Å². The third kappa shape index (κ3) is 2.45. The van der Waals surface area contributed by atoms with Gasteiger partial charge in [0.15, 0.2) is 0 Å². The number of alkyl carbamates (subject to hydrolysis) is 1. The van der Waals surface area contributed by atoms with Gasteiger partial charge in [-0.3, -0.25) is 0 Å². The Morgan fingerprint density at radius 2 is 1.89 bits per heavy atom. The van der Waals surface area contributed by atoms with E-state index in [0.717, 1.165) is 11.1 Å².